The molecule has 30 heavy (non-hydrogen) atoms. The summed E-state index contributed by atoms with van der Waals surface area (Å²) in [7, 11) is 0. The third-order valence-corrected chi connectivity index (χ3v) is 6.77. The van der Waals surface area contributed by atoms with Gasteiger partial charge in [-0.05, 0) is 53.9 Å². The zero-order chi connectivity index (χ0) is 20.5. The highest BCUT2D eigenvalue weighted by Gasteiger charge is 2.30. The molecule has 160 valence electrons. The first kappa shape index (κ1) is 19.4. The predicted octanol–water partition coefficient (Wildman–Crippen LogP) is 1.95. The second-order valence-corrected chi connectivity index (χ2v) is 8.55. The molecule has 5 rings (SSSR count). The summed E-state index contributed by atoms with van der Waals surface area (Å²) in [5.74, 6) is 2.41. The first-order chi connectivity index (χ1) is 14.7. The number of anilines is 1. The highest BCUT2D eigenvalue weighted by Crippen LogP contribution is 2.37. The number of hydrogen-bond acceptors (Lipinski definition) is 8. The van der Waals surface area contributed by atoms with Gasteiger partial charge in [-0.1, -0.05) is 6.42 Å². The van der Waals surface area contributed by atoms with Crippen LogP contribution in [-0.2, 0) is 13.0 Å². The lowest BCUT2D eigenvalue weighted by molar-refractivity contribution is 0.185. The summed E-state index contributed by atoms with van der Waals surface area (Å²) in [5, 5.41) is 11.2. The number of pyridine rings is 1. The quantitative estimate of drug-likeness (QED) is 0.634. The average Bonchev–Trinajstić information content (AvgIpc) is 3.47. The molecule has 2 aliphatic rings. The van der Waals surface area contributed by atoms with Crippen molar-refractivity contribution in [3.8, 4) is 11.5 Å². The Balaban J connectivity index is 1.44. The lowest BCUT2D eigenvalue weighted by atomic mass is 9.89. The number of nitrogens with one attached hydrogen (secondary N) is 1. The Labute approximate surface area is 176 Å². The lowest BCUT2D eigenvalue weighted by Gasteiger charge is -2.31. The summed E-state index contributed by atoms with van der Waals surface area (Å²) < 4.78 is 6.99. The maximum absolute atomic E-state index is 5.95. The van der Waals surface area contributed by atoms with Crippen LogP contribution < -0.4 is 11.1 Å². The van der Waals surface area contributed by atoms with Gasteiger partial charge < -0.3 is 20.5 Å². The van der Waals surface area contributed by atoms with Crippen LogP contribution in [-0.4, -0.2) is 62.5 Å². The van der Waals surface area contributed by atoms with Crippen LogP contribution in [0.1, 0.15) is 31.7 Å². The monoisotopic (exact) mass is 410 g/mol. The fourth-order valence-electron chi connectivity index (χ4n) is 5.28. The van der Waals surface area contributed by atoms with Crippen molar-refractivity contribution < 1.29 is 4.63 Å². The zero-order valence-electron chi connectivity index (χ0n) is 17.5. The van der Waals surface area contributed by atoms with E-state index in [0.717, 1.165) is 43.0 Å². The van der Waals surface area contributed by atoms with E-state index < -0.39 is 0 Å². The molecule has 2 fully saturated rings. The van der Waals surface area contributed by atoms with Crippen LogP contribution >= 0.6 is 0 Å². The van der Waals surface area contributed by atoms with Gasteiger partial charge in [0, 0.05) is 45.5 Å². The van der Waals surface area contributed by atoms with E-state index in [1.165, 1.54) is 44.5 Å². The van der Waals surface area contributed by atoms with Gasteiger partial charge in [-0.25, -0.2) is 9.61 Å². The summed E-state index contributed by atoms with van der Waals surface area (Å²) >= 11 is 0. The van der Waals surface area contributed by atoms with Crippen LogP contribution in [0.5, 0.6) is 0 Å². The van der Waals surface area contributed by atoms with E-state index in [4.69, 9.17) is 15.3 Å². The molecule has 0 aromatic carbocycles. The van der Waals surface area contributed by atoms with Gasteiger partial charge in [-0.2, -0.15) is 0 Å². The van der Waals surface area contributed by atoms with Crippen molar-refractivity contribution in [1.29, 1.82) is 0 Å². The molecule has 1 saturated carbocycles. The second-order valence-electron chi connectivity index (χ2n) is 8.55. The van der Waals surface area contributed by atoms with Gasteiger partial charge >= 0.3 is 0 Å². The molecule has 3 N–H and O–H groups in total. The molecule has 1 aliphatic heterocycles. The Morgan fingerprint density at radius 2 is 2.00 bits per heavy atom. The Bertz CT molecular complexity index is 1010. The largest absolute Gasteiger partial charge is 0.379 e. The van der Waals surface area contributed by atoms with Crippen LogP contribution in [0.2, 0.25) is 0 Å². The van der Waals surface area contributed by atoms with Crippen molar-refractivity contribution in [2.45, 2.75) is 39.2 Å². The summed E-state index contributed by atoms with van der Waals surface area (Å²) in [4.78, 5) is 11.9. The van der Waals surface area contributed by atoms with E-state index >= 15 is 0 Å². The third kappa shape index (κ3) is 3.56. The molecule has 0 radical (unpaired) electrons. The Morgan fingerprint density at radius 1 is 1.17 bits per heavy atom. The topological polar surface area (TPSA) is 111 Å². The standard InChI is InChI=1S/C21H30N8O/c1-2-29-19-16(10-14-4-3-5-15(14)13-28-8-6-23-7-9-28)11-24-12-17(19)25-21(29)18-20(22)27-30-26-18/h11-12,14-15,23H,2-10,13H2,1H3,(H2,22,27)/t14-,15?/m1/s1. The Hall–Kier alpha value is -2.52. The molecule has 3 aromatic heterocycles. The smallest absolute Gasteiger partial charge is 0.199 e. The van der Waals surface area contributed by atoms with Gasteiger partial charge in [0.05, 0.1) is 11.7 Å². The number of aromatic nitrogens is 5. The second kappa shape index (κ2) is 8.31. The summed E-state index contributed by atoms with van der Waals surface area (Å²) in [6.07, 6.45) is 8.83. The Kier molecular flexibility index (Phi) is 5.39. The maximum Gasteiger partial charge on any atom is 0.199 e. The van der Waals surface area contributed by atoms with E-state index in [1.807, 2.05) is 12.4 Å². The number of aryl methyl sites for hydroxylation is 1. The van der Waals surface area contributed by atoms with E-state index in [9.17, 15) is 0 Å². The van der Waals surface area contributed by atoms with E-state index in [1.54, 1.807) is 0 Å². The van der Waals surface area contributed by atoms with Gasteiger partial charge in [0.2, 0.25) is 0 Å². The van der Waals surface area contributed by atoms with Crippen LogP contribution in [0.4, 0.5) is 5.82 Å². The number of nitrogens with two attached hydrogens (primary N) is 1. The van der Waals surface area contributed by atoms with Crippen LogP contribution in [0, 0.1) is 11.8 Å². The number of fused-ring (bicyclic) bond motifs is 1. The van der Waals surface area contributed by atoms with Gasteiger partial charge in [-0.3, -0.25) is 4.98 Å². The molecule has 9 nitrogen and oxygen atoms in total. The number of piperazine rings is 1. The van der Waals surface area contributed by atoms with Crippen LogP contribution in [0.3, 0.4) is 0 Å². The minimum absolute atomic E-state index is 0.265. The van der Waals surface area contributed by atoms with E-state index in [2.05, 4.69) is 37.0 Å². The van der Waals surface area contributed by atoms with Crippen molar-refractivity contribution in [2.75, 3.05) is 38.5 Å². The lowest BCUT2D eigenvalue weighted by Crippen LogP contribution is -2.45. The van der Waals surface area contributed by atoms with E-state index in [0.29, 0.717) is 17.4 Å². The first-order valence-corrected chi connectivity index (χ1v) is 11.1. The number of nitrogen functional groups attached to an aromatic ring is 1. The molecule has 0 amide bonds. The van der Waals surface area contributed by atoms with Gasteiger partial charge in [0.15, 0.2) is 17.3 Å². The van der Waals surface area contributed by atoms with Gasteiger partial charge in [0.1, 0.15) is 5.52 Å². The average molecular weight is 411 g/mol. The normalized spacial score (nSPS) is 22.8. The highest BCUT2D eigenvalue weighted by molar-refractivity contribution is 5.83. The molecular formula is C21H30N8O. The number of nitrogens with zero attached hydrogens (tertiary/aromatic N) is 6. The van der Waals surface area contributed by atoms with Crippen molar-refractivity contribution in [1.82, 2.24) is 35.1 Å². The van der Waals surface area contributed by atoms with E-state index in [-0.39, 0.29) is 5.82 Å². The number of rotatable bonds is 6. The molecule has 1 aliphatic carbocycles. The van der Waals surface area contributed by atoms with Gasteiger partial charge in [0.25, 0.3) is 0 Å². The fourth-order valence-corrected chi connectivity index (χ4v) is 5.28. The minimum Gasteiger partial charge on any atom is -0.379 e. The zero-order valence-corrected chi connectivity index (χ0v) is 17.5. The molecule has 3 aromatic rings. The molecule has 0 bridgehead atoms. The third-order valence-electron chi connectivity index (χ3n) is 6.77. The summed E-state index contributed by atoms with van der Waals surface area (Å²) in [6.45, 7) is 8.65. The summed E-state index contributed by atoms with van der Waals surface area (Å²) in [5.41, 5.74) is 9.73. The van der Waals surface area contributed by atoms with Crippen molar-refractivity contribution in [2.24, 2.45) is 11.8 Å². The minimum atomic E-state index is 0.265. The molecule has 2 atom stereocenters. The molecule has 1 saturated heterocycles. The SMILES string of the molecule is CCn1c(-c2nonc2N)nc2cncc(C[C@H]3CCCC3CN3CCNCC3)c21. The molecule has 0 spiro atoms. The molecular weight excluding hydrogens is 380 g/mol. The molecule has 4 heterocycles. The van der Waals surface area contributed by atoms with Crippen molar-refractivity contribution in [3.05, 3.63) is 18.0 Å². The number of hydrogen-bond donors (Lipinski definition) is 2. The maximum atomic E-state index is 5.95. The molecule has 1 unspecified atom stereocenters. The van der Waals surface area contributed by atoms with Crippen molar-refractivity contribution >= 4 is 16.9 Å². The fraction of sp³-hybridized carbons (Fsp3) is 0.619. The van der Waals surface area contributed by atoms with Crippen molar-refractivity contribution in [3.63, 3.8) is 0 Å². The number of imidazole rings is 1. The predicted molar refractivity (Wildman–Crippen MR) is 115 cm³/mol. The Morgan fingerprint density at radius 3 is 2.77 bits per heavy atom. The highest BCUT2D eigenvalue weighted by atomic mass is 16.6. The van der Waals surface area contributed by atoms with Gasteiger partial charge in [-0.15, -0.1) is 0 Å². The molecule has 9 heteroatoms. The van der Waals surface area contributed by atoms with Crippen LogP contribution in [0.25, 0.3) is 22.6 Å². The van der Waals surface area contributed by atoms with Crippen LogP contribution in [0.15, 0.2) is 17.0 Å². The summed E-state index contributed by atoms with van der Waals surface area (Å²) in [6, 6.07) is 0. The first-order valence-electron chi connectivity index (χ1n) is 11.1.